The molecule has 2 aromatic carbocycles. The second-order valence-corrected chi connectivity index (χ2v) is 8.96. The third kappa shape index (κ3) is 2.64. The summed E-state index contributed by atoms with van der Waals surface area (Å²) in [4.78, 5) is 3.64. The molecule has 0 aliphatic carbocycles. The number of nitrogens with one attached hydrogen (secondary N) is 1. The number of halogens is 1. The van der Waals surface area contributed by atoms with Gasteiger partial charge in [-0.3, -0.25) is 0 Å². The Kier molecular flexibility index (Phi) is 3.93. The number of H-pyrrole nitrogens is 1. The van der Waals surface area contributed by atoms with Gasteiger partial charge in [0.25, 0.3) is 0 Å². The number of fused-ring (bicyclic) bond motifs is 3. The van der Waals surface area contributed by atoms with Crippen LogP contribution in [-0.2, 0) is 23.0 Å². The molecule has 0 amide bonds. The van der Waals surface area contributed by atoms with Crippen LogP contribution in [0.3, 0.4) is 0 Å². The largest absolute Gasteiger partial charge is 0.358 e. The summed E-state index contributed by atoms with van der Waals surface area (Å²) in [6.45, 7) is 6.37. The SMILES string of the molecule is Cc1cc(C)c(S(=O)(=O)N2CCc3[nH]c4cc(F)ccc4c3C2)c(C)c1. The minimum absolute atomic E-state index is 0.300. The molecule has 1 aromatic heterocycles. The summed E-state index contributed by atoms with van der Waals surface area (Å²) in [7, 11) is -3.59. The molecule has 1 N–H and O–H groups in total. The highest BCUT2D eigenvalue weighted by atomic mass is 32.2. The molecule has 3 aromatic rings. The van der Waals surface area contributed by atoms with E-state index in [1.165, 1.54) is 16.4 Å². The fraction of sp³-hybridized carbons (Fsp3) is 0.300. The Bertz CT molecular complexity index is 1110. The number of hydrogen-bond donors (Lipinski definition) is 1. The number of hydrogen-bond acceptors (Lipinski definition) is 2. The average Bonchev–Trinajstić information content (AvgIpc) is 2.89. The standard InChI is InChI=1S/C20H21FN2O2S/c1-12-8-13(2)20(14(3)9-12)26(24,25)23-7-6-18-17(11-23)16-5-4-15(21)10-19(16)22-18/h4-5,8-10,22H,6-7,11H2,1-3H3. The minimum atomic E-state index is -3.59. The predicted molar refractivity (Wildman–Crippen MR) is 100 cm³/mol. The lowest BCUT2D eigenvalue weighted by atomic mass is 10.1. The zero-order valence-corrected chi connectivity index (χ0v) is 15.9. The van der Waals surface area contributed by atoms with Gasteiger partial charge < -0.3 is 4.98 Å². The van der Waals surface area contributed by atoms with Gasteiger partial charge in [-0.25, -0.2) is 12.8 Å². The number of sulfonamides is 1. The summed E-state index contributed by atoms with van der Waals surface area (Å²) >= 11 is 0. The highest BCUT2D eigenvalue weighted by Crippen LogP contribution is 2.32. The lowest BCUT2D eigenvalue weighted by Gasteiger charge is -2.28. The molecule has 4 rings (SSSR count). The topological polar surface area (TPSA) is 53.2 Å². The van der Waals surface area contributed by atoms with Gasteiger partial charge in [0.05, 0.1) is 4.90 Å². The predicted octanol–water partition coefficient (Wildman–Crippen LogP) is 3.98. The van der Waals surface area contributed by atoms with Crippen molar-refractivity contribution in [1.29, 1.82) is 0 Å². The van der Waals surface area contributed by atoms with Gasteiger partial charge in [0.15, 0.2) is 0 Å². The Balaban J connectivity index is 1.78. The van der Waals surface area contributed by atoms with Gasteiger partial charge in [-0.2, -0.15) is 4.31 Å². The number of rotatable bonds is 2. The molecule has 1 aliphatic heterocycles. The Morgan fingerprint density at radius 2 is 1.77 bits per heavy atom. The normalized spacial score (nSPS) is 15.4. The minimum Gasteiger partial charge on any atom is -0.358 e. The second-order valence-electron chi connectivity index (χ2n) is 7.09. The van der Waals surface area contributed by atoms with Crippen molar-refractivity contribution in [3.05, 3.63) is 64.1 Å². The molecule has 0 saturated heterocycles. The fourth-order valence-electron chi connectivity index (χ4n) is 4.08. The molecular weight excluding hydrogens is 351 g/mol. The van der Waals surface area contributed by atoms with E-state index >= 15 is 0 Å². The Hall–Kier alpha value is -2.18. The van der Waals surface area contributed by atoms with E-state index < -0.39 is 10.0 Å². The third-order valence-corrected chi connectivity index (χ3v) is 7.26. The number of nitrogens with zero attached hydrogens (tertiary/aromatic N) is 1. The van der Waals surface area contributed by atoms with Crippen LogP contribution in [0.25, 0.3) is 10.9 Å². The van der Waals surface area contributed by atoms with Crippen LogP contribution in [0, 0.1) is 26.6 Å². The molecule has 0 spiro atoms. The van der Waals surface area contributed by atoms with Crippen molar-refractivity contribution >= 4 is 20.9 Å². The first-order valence-electron chi connectivity index (χ1n) is 8.64. The maximum Gasteiger partial charge on any atom is 0.243 e. The second kappa shape index (κ2) is 5.93. The van der Waals surface area contributed by atoms with Crippen LogP contribution in [0.1, 0.15) is 27.9 Å². The first-order valence-corrected chi connectivity index (χ1v) is 10.1. The molecule has 136 valence electrons. The van der Waals surface area contributed by atoms with E-state index in [1.807, 2.05) is 32.9 Å². The van der Waals surface area contributed by atoms with Crippen molar-refractivity contribution < 1.29 is 12.8 Å². The van der Waals surface area contributed by atoms with Crippen LogP contribution in [-0.4, -0.2) is 24.3 Å². The van der Waals surface area contributed by atoms with Crippen LogP contribution in [0.5, 0.6) is 0 Å². The van der Waals surface area contributed by atoms with E-state index in [1.54, 1.807) is 6.07 Å². The van der Waals surface area contributed by atoms with Crippen molar-refractivity contribution in [2.24, 2.45) is 0 Å². The summed E-state index contributed by atoms with van der Waals surface area (Å²) in [5.74, 6) is -0.300. The van der Waals surface area contributed by atoms with Crippen molar-refractivity contribution in [2.75, 3.05) is 6.54 Å². The van der Waals surface area contributed by atoms with E-state index in [2.05, 4.69) is 4.98 Å². The molecule has 6 heteroatoms. The quantitative estimate of drug-likeness (QED) is 0.740. The van der Waals surface area contributed by atoms with Crippen molar-refractivity contribution in [2.45, 2.75) is 38.6 Å². The lowest BCUT2D eigenvalue weighted by Crippen LogP contribution is -2.36. The highest BCUT2D eigenvalue weighted by Gasteiger charge is 2.32. The van der Waals surface area contributed by atoms with Crippen molar-refractivity contribution in [1.82, 2.24) is 9.29 Å². The number of aromatic nitrogens is 1. The molecule has 2 heterocycles. The highest BCUT2D eigenvalue weighted by molar-refractivity contribution is 7.89. The van der Waals surface area contributed by atoms with Crippen LogP contribution in [0.15, 0.2) is 35.2 Å². The Morgan fingerprint density at radius 1 is 1.08 bits per heavy atom. The van der Waals surface area contributed by atoms with E-state index in [-0.39, 0.29) is 5.82 Å². The Morgan fingerprint density at radius 3 is 2.46 bits per heavy atom. The molecule has 4 nitrogen and oxygen atoms in total. The summed E-state index contributed by atoms with van der Waals surface area (Å²) < 4.78 is 41.7. The smallest absolute Gasteiger partial charge is 0.243 e. The average molecular weight is 372 g/mol. The molecule has 0 saturated carbocycles. The third-order valence-electron chi connectivity index (χ3n) is 5.10. The van der Waals surface area contributed by atoms with Gasteiger partial charge in [0, 0.05) is 36.1 Å². The number of benzene rings is 2. The summed E-state index contributed by atoms with van der Waals surface area (Å²) in [5.41, 5.74) is 5.26. The number of aryl methyl sites for hydroxylation is 3. The first kappa shape index (κ1) is 17.2. The van der Waals surface area contributed by atoms with Crippen LogP contribution in [0.4, 0.5) is 4.39 Å². The number of aromatic amines is 1. The summed E-state index contributed by atoms with van der Waals surface area (Å²) in [5, 5.41) is 0.888. The van der Waals surface area contributed by atoms with Crippen molar-refractivity contribution in [3.63, 3.8) is 0 Å². The summed E-state index contributed by atoms with van der Waals surface area (Å²) in [6, 6.07) is 8.41. The monoisotopic (exact) mass is 372 g/mol. The molecule has 0 radical (unpaired) electrons. The first-order chi connectivity index (χ1) is 12.3. The zero-order valence-electron chi connectivity index (χ0n) is 15.1. The van der Waals surface area contributed by atoms with Gasteiger partial charge >= 0.3 is 0 Å². The molecule has 26 heavy (non-hydrogen) atoms. The maximum absolute atomic E-state index is 13.5. The van der Waals surface area contributed by atoms with Crippen LogP contribution in [0.2, 0.25) is 0 Å². The van der Waals surface area contributed by atoms with Crippen LogP contribution >= 0.6 is 0 Å². The lowest BCUT2D eigenvalue weighted by molar-refractivity contribution is 0.390. The zero-order chi connectivity index (χ0) is 18.6. The maximum atomic E-state index is 13.5. The van der Waals surface area contributed by atoms with Gasteiger partial charge in [0.2, 0.25) is 10.0 Å². The van der Waals surface area contributed by atoms with Gasteiger partial charge in [-0.1, -0.05) is 17.7 Å². The Labute approximate surface area is 152 Å². The summed E-state index contributed by atoms with van der Waals surface area (Å²) in [6.07, 6.45) is 0.592. The molecule has 0 fully saturated rings. The van der Waals surface area contributed by atoms with Gasteiger partial charge in [-0.15, -0.1) is 0 Å². The molecule has 0 unspecified atom stereocenters. The molecule has 0 bridgehead atoms. The van der Waals surface area contributed by atoms with Crippen LogP contribution < -0.4 is 0 Å². The van der Waals surface area contributed by atoms with Gasteiger partial charge in [0.1, 0.15) is 5.82 Å². The fourth-order valence-corrected chi connectivity index (χ4v) is 5.90. The molecular formula is C20H21FN2O2S. The van der Waals surface area contributed by atoms with Crippen molar-refractivity contribution in [3.8, 4) is 0 Å². The molecule has 0 atom stereocenters. The van der Waals surface area contributed by atoms with E-state index in [0.29, 0.717) is 24.4 Å². The molecule has 1 aliphatic rings. The van der Waals surface area contributed by atoms with E-state index in [9.17, 15) is 12.8 Å². The van der Waals surface area contributed by atoms with E-state index in [0.717, 1.165) is 38.9 Å². The van der Waals surface area contributed by atoms with Gasteiger partial charge in [-0.05, 0) is 55.7 Å². The van der Waals surface area contributed by atoms with E-state index in [4.69, 9.17) is 0 Å².